The summed E-state index contributed by atoms with van der Waals surface area (Å²) in [5.74, 6) is 0.840. The highest BCUT2D eigenvalue weighted by atomic mass is 28.3. The van der Waals surface area contributed by atoms with E-state index in [1.807, 2.05) is 12.1 Å². The number of hydrogen-bond donors (Lipinski definition) is 2. The van der Waals surface area contributed by atoms with Gasteiger partial charge in [0.15, 0.2) is 0 Å². The van der Waals surface area contributed by atoms with Gasteiger partial charge in [-0.15, -0.1) is 0 Å². The Hall–Kier alpha value is -1.10. The van der Waals surface area contributed by atoms with Gasteiger partial charge in [0.1, 0.15) is 17.5 Å². The molecule has 1 saturated carbocycles. The van der Waals surface area contributed by atoms with E-state index in [0.29, 0.717) is 6.42 Å². The minimum absolute atomic E-state index is 0.653. The summed E-state index contributed by atoms with van der Waals surface area (Å²) in [6.07, 6.45) is 5.55. The SMILES string of the molecule is C[Si](C)(C)/C(=C1/C2=CCCC[C@@]2(O)[C@H]1O)c1ccco1. The molecule has 1 aromatic rings. The first-order chi connectivity index (χ1) is 9.36. The monoisotopic (exact) mass is 290 g/mol. The molecular weight excluding hydrogens is 268 g/mol. The molecule has 2 aliphatic rings. The van der Waals surface area contributed by atoms with E-state index in [1.54, 1.807) is 6.26 Å². The van der Waals surface area contributed by atoms with Crippen molar-refractivity contribution in [3.63, 3.8) is 0 Å². The van der Waals surface area contributed by atoms with Crippen molar-refractivity contribution < 1.29 is 14.6 Å². The summed E-state index contributed by atoms with van der Waals surface area (Å²) in [5.41, 5.74) is 0.830. The topological polar surface area (TPSA) is 53.6 Å². The molecule has 0 saturated heterocycles. The van der Waals surface area contributed by atoms with Gasteiger partial charge in [0, 0.05) is 0 Å². The molecule has 2 N–H and O–H groups in total. The molecule has 1 fully saturated rings. The van der Waals surface area contributed by atoms with Crippen LogP contribution in [0.1, 0.15) is 25.0 Å². The molecule has 0 spiro atoms. The molecule has 3 nitrogen and oxygen atoms in total. The highest BCUT2D eigenvalue weighted by Gasteiger charge is 2.55. The van der Waals surface area contributed by atoms with E-state index >= 15 is 0 Å². The zero-order valence-corrected chi connectivity index (χ0v) is 13.3. The smallest absolute Gasteiger partial charge is 0.126 e. The maximum Gasteiger partial charge on any atom is 0.126 e. The Morgan fingerprint density at radius 2 is 2.15 bits per heavy atom. The van der Waals surface area contributed by atoms with Gasteiger partial charge >= 0.3 is 0 Å². The van der Waals surface area contributed by atoms with Crippen molar-refractivity contribution >= 4 is 13.3 Å². The van der Waals surface area contributed by atoms with Crippen LogP contribution in [0.4, 0.5) is 0 Å². The summed E-state index contributed by atoms with van der Waals surface area (Å²) in [7, 11) is -1.70. The van der Waals surface area contributed by atoms with E-state index in [2.05, 4.69) is 25.7 Å². The summed E-state index contributed by atoms with van der Waals surface area (Å²) in [6, 6.07) is 3.83. The highest BCUT2D eigenvalue weighted by molar-refractivity contribution is 6.93. The average molecular weight is 290 g/mol. The minimum atomic E-state index is -1.70. The second kappa shape index (κ2) is 4.45. The van der Waals surface area contributed by atoms with Gasteiger partial charge < -0.3 is 14.6 Å². The summed E-state index contributed by atoms with van der Waals surface area (Å²) in [6.45, 7) is 6.72. The van der Waals surface area contributed by atoms with E-state index in [9.17, 15) is 10.2 Å². The van der Waals surface area contributed by atoms with Crippen molar-refractivity contribution in [2.24, 2.45) is 0 Å². The Morgan fingerprint density at radius 1 is 1.40 bits per heavy atom. The molecule has 0 bridgehead atoms. The van der Waals surface area contributed by atoms with Crippen LogP contribution in [0.25, 0.3) is 5.20 Å². The zero-order valence-electron chi connectivity index (χ0n) is 12.3. The molecule has 0 aromatic carbocycles. The van der Waals surface area contributed by atoms with Crippen LogP contribution in [0, 0.1) is 0 Å². The van der Waals surface area contributed by atoms with Crippen LogP contribution < -0.4 is 0 Å². The number of hydrogen-bond acceptors (Lipinski definition) is 3. The van der Waals surface area contributed by atoms with Gasteiger partial charge in [-0.25, -0.2) is 0 Å². The fraction of sp³-hybridized carbons (Fsp3) is 0.500. The Labute approximate surface area is 120 Å². The first kappa shape index (κ1) is 13.9. The fourth-order valence-electron chi connectivity index (χ4n) is 3.46. The van der Waals surface area contributed by atoms with Crippen LogP contribution in [0.2, 0.25) is 19.6 Å². The van der Waals surface area contributed by atoms with Gasteiger partial charge in [-0.1, -0.05) is 25.7 Å². The first-order valence-electron chi connectivity index (χ1n) is 7.25. The van der Waals surface area contributed by atoms with E-state index in [4.69, 9.17) is 4.42 Å². The van der Waals surface area contributed by atoms with E-state index < -0.39 is 19.8 Å². The lowest BCUT2D eigenvalue weighted by Crippen LogP contribution is -2.58. The highest BCUT2D eigenvalue weighted by Crippen LogP contribution is 2.53. The lowest BCUT2D eigenvalue weighted by atomic mass is 9.62. The van der Waals surface area contributed by atoms with Crippen molar-refractivity contribution in [2.75, 3.05) is 0 Å². The van der Waals surface area contributed by atoms with Crippen molar-refractivity contribution in [1.29, 1.82) is 0 Å². The summed E-state index contributed by atoms with van der Waals surface area (Å²) in [4.78, 5) is 0. The predicted octanol–water partition coefficient (Wildman–Crippen LogP) is 3.13. The first-order valence-corrected chi connectivity index (χ1v) is 10.8. The largest absolute Gasteiger partial charge is 0.465 e. The van der Waals surface area contributed by atoms with Crippen LogP contribution in [0.3, 0.4) is 0 Å². The second-order valence-corrected chi connectivity index (χ2v) is 11.9. The van der Waals surface area contributed by atoms with E-state index in [1.165, 1.54) is 0 Å². The lowest BCUT2D eigenvalue weighted by Gasteiger charge is -2.51. The standard InChI is InChI=1S/C16H22O3Si/c1-20(2,3)14(12-8-6-10-19-12)13-11-7-4-5-9-16(11,18)15(13)17/h6-8,10,15,17-18H,4-5,9H2,1-3H3/b14-13-/t15-,16-/m0/s1. The van der Waals surface area contributed by atoms with Gasteiger partial charge in [0.05, 0.1) is 14.3 Å². The molecule has 2 atom stereocenters. The van der Waals surface area contributed by atoms with Crippen LogP contribution >= 0.6 is 0 Å². The van der Waals surface area contributed by atoms with Gasteiger partial charge in [-0.05, 0) is 47.7 Å². The van der Waals surface area contributed by atoms with Crippen LogP contribution in [-0.4, -0.2) is 30.0 Å². The molecule has 20 heavy (non-hydrogen) atoms. The second-order valence-electron chi connectivity index (χ2n) is 6.85. The molecular formula is C16H22O3Si. The van der Waals surface area contributed by atoms with E-state index in [-0.39, 0.29) is 0 Å². The number of furan rings is 1. The number of fused-ring (bicyclic) bond motifs is 1. The molecule has 0 unspecified atom stereocenters. The quantitative estimate of drug-likeness (QED) is 0.823. The number of allylic oxidation sites excluding steroid dienone is 1. The molecule has 2 aliphatic carbocycles. The number of aliphatic hydroxyl groups is 2. The van der Waals surface area contributed by atoms with Gasteiger partial charge in [0.25, 0.3) is 0 Å². The van der Waals surface area contributed by atoms with Crippen LogP contribution in [-0.2, 0) is 0 Å². The molecule has 4 heteroatoms. The van der Waals surface area contributed by atoms with Crippen LogP contribution in [0.15, 0.2) is 40.0 Å². The van der Waals surface area contributed by atoms with Gasteiger partial charge in [-0.3, -0.25) is 0 Å². The number of aliphatic hydroxyl groups excluding tert-OH is 1. The molecule has 0 aliphatic heterocycles. The molecule has 0 radical (unpaired) electrons. The number of rotatable bonds is 2. The Balaban J connectivity index is 2.18. The van der Waals surface area contributed by atoms with E-state index in [0.717, 1.165) is 34.9 Å². The Kier molecular flexibility index (Phi) is 3.08. The van der Waals surface area contributed by atoms with Crippen molar-refractivity contribution in [2.45, 2.75) is 50.6 Å². The fourth-order valence-corrected chi connectivity index (χ4v) is 5.42. The summed E-state index contributed by atoms with van der Waals surface area (Å²) < 4.78 is 5.60. The van der Waals surface area contributed by atoms with Crippen LogP contribution in [0.5, 0.6) is 0 Å². The van der Waals surface area contributed by atoms with Gasteiger partial charge in [-0.2, -0.15) is 0 Å². The molecule has 0 amide bonds. The zero-order chi connectivity index (χ0) is 14.5. The average Bonchev–Trinajstić information content (AvgIpc) is 2.88. The molecule has 1 heterocycles. The maximum atomic E-state index is 10.6. The molecule has 1 aromatic heterocycles. The summed E-state index contributed by atoms with van der Waals surface area (Å²) in [5, 5.41) is 22.3. The van der Waals surface area contributed by atoms with Crippen molar-refractivity contribution in [3.8, 4) is 0 Å². The molecule has 3 rings (SSSR count). The Morgan fingerprint density at radius 3 is 2.75 bits per heavy atom. The lowest BCUT2D eigenvalue weighted by molar-refractivity contribution is -0.0693. The van der Waals surface area contributed by atoms with Crippen molar-refractivity contribution in [3.05, 3.63) is 41.4 Å². The third-order valence-electron chi connectivity index (χ3n) is 4.38. The minimum Gasteiger partial charge on any atom is -0.465 e. The summed E-state index contributed by atoms with van der Waals surface area (Å²) >= 11 is 0. The third kappa shape index (κ3) is 1.86. The normalized spacial score (nSPS) is 32.2. The van der Waals surface area contributed by atoms with Crippen molar-refractivity contribution in [1.82, 2.24) is 0 Å². The van der Waals surface area contributed by atoms with Gasteiger partial charge in [0.2, 0.25) is 0 Å². The third-order valence-corrected chi connectivity index (χ3v) is 6.40. The molecule has 108 valence electrons. The Bertz CT molecular complexity index is 577. The maximum absolute atomic E-state index is 10.6. The predicted molar refractivity (Wildman–Crippen MR) is 81.9 cm³/mol.